The van der Waals surface area contributed by atoms with E-state index in [0.29, 0.717) is 0 Å². The highest BCUT2D eigenvalue weighted by Gasteiger charge is 2.35. The Kier molecular flexibility index (Phi) is 7.13. The lowest BCUT2D eigenvalue weighted by Gasteiger charge is -2.27. The first-order valence-corrected chi connectivity index (χ1v) is 7.79. The van der Waals surface area contributed by atoms with E-state index in [0.717, 1.165) is 18.0 Å². The average molecular weight is 346 g/mol. The molecule has 0 spiro atoms. The van der Waals surface area contributed by atoms with Crippen molar-refractivity contribution in [3.63, 3.8) is 0 Å². The second-order valence-electron chi connectivity index (χ2n) is 6.15. The number of carbonyl (C=O) groups excluding carboxylic acids is 1. The average Bonchev–Trinajstić information content (AvgIpc) is 2.80. The fourth-order valence-corrected chi connectivity index (χ4v) is 2.95. The maximum Gasteiger partial charge on any atom is 0.237 e. The predicted molar refractivity (Wildman–Crippen MR) is 93.4 cm³/mol. The molecule has 1 saturated heterocycles. The van der Waals surface area contributed by atoms with Crippen molar-refractivity contribution in [1.29, 1.82) is 0 Å². The second-order valence-corrected chi connectivity index (χ2v) is 6.59. The summed E-state index contributed by atoms with van der Waals surface area (Å²) in [5.74, 6) is 0.0716. The first-order chi connectivity index (χ1) is 9.90. The maximum atomic E-state index is 12.2. The van der Waals surface area contributed by atoms with Crippen LogP contribution in [-0.2, 0) is 4.79 Å². The van der Waals surface area contributed by atoms with Crippen LogP contribution in [0.25, 0.3) is 0 Å². The highest BCUT2D eigenvalue weighted by molar-refractivity contribution is 6.30. The summed E-state index contributed by atoms with van der Waals surface area (Å²) in [5.41, 5.74) is 7.10. The van der Waals surface area contributed by atoms with E-state index in [-0.39, 0.29) is 36.3 Å². The van der Waals surface area contributed by atoms with E-state index in [1.807, 2.05) is 38.1 Å². The van der Waals surface area contributed by atoms with Crippen LogP contribution >= 0.6 is 24.0 Å². The van der Waals surface area contributed by atoms with E-state index < -0.39 is 6.04 Å². The minimum atomic E-state index is -0.457. The number of nitrogens with zero attached hydrogens (tertiary/aromatic N) is 1. The van der Waals surface area contributed by atoms with Crippen LogP contribution in [0.5, 0.6) is 0 Å². The number of rotatable bonds is 4. The van der Waals surface area contributed by atoms with Crippen molar-refractivity contribution < 1.29 is 4.79 Å². The van der Waals surface area contributed by atoms with Gasteiger partial charge < -0.3 is 11.1 Å². The van der Waals surface area contributed by atoms with Crippen LogP contribution in [0.1, 0.15) is 31.9 Å². The summed E-state index contributed by atoms with van der Waals surface area (Å²) in [6, 6.07) is 7.64. The van der Waals surface area contributed by atoms with E-state index in [4.69, 9.17) is 17.3 Å². The standard InChI is InChI=1S/C16H24ClN3O.ClH/c1-10(2)14(18)16(21)19-13-8-9-20(3)15(13)11-4-6-12(17)7-5-11;/h4-7,10,13-15H,8-9,18H2,1-3H3,(H,19,21);1H/t13?,14-,15?;/m0./s1. The van der Waals surface area contributed by atoms with Gasteiger partial charge in [0, 0.05) is 17.6 Å². The topological polar surface area (TPSA) is 58.4 Å². The SMILES string of the molecule is CC(C)[C@H](N)C(=O)NC1CCN(C)C1c1ccc(Cl)cc1.Cl. The molecule has 1 heterocycles. The van der Waals surface area contributed by atoms with Gasteiger partial charge in [-0.2, -0.15) is 0 Å². The van der Waals surface area contributed by atoms with Crippen molar-refractivity contribution in [3.05, 3.63) is 34.9 Å². The molecular weight excluding hydrogens is 321 g/mol. The number of hydrogen-bond acceptors (Lipinski definition) is 3. The summed E-state index contributed by atoms with van der Waals surface area (Å²) in [7, 11) is 2.08. The number of amides is 1. The van der Waals surface area contributed by atoms with Crippen molar-refractivity contribution >= 4 is 29.9 Å². The van der Waals surface area contributed by atoms with Gasteiger partial charge in [0.1, 0.15) is 0 Å². The van der Waals surface area contributed by atoms with Crippen LogP contribution in [0.4, 0.5) is 0 Å². The van der Waals surface area contributed by atoms with E-state index in [1.165, 1.54) is 5.56 Å². The van der Waals surface area contributed by atoms with Crippen molar-refractivity contribution in [2.75, 3.05) is 13.6 Å². The molecule has 1 aliphatic heterocycles. The predicted octanol–water partition coefficient (Wildman–Crippen LogP) is 2.61. The Morgan fingerprint density at radius 2 is 1.95 bits per heavy atom. The van der Waals surface area contributed by atoms with Crippen LogP contribution in [0, 0.1) is 5.92 Å². The molecule has 0 bridgehead atoms. The smallest absolute Gasteiger partial charge is 0.237 e. The van der Waals surface area contributed by atoms with Crippen LogP contribution in [-0.4, -0.2) is 36.5 Å². The number of likely N-dealkylation sites (N-methyl/N-ethyl adjacent to an activating group) is 1. The first-order valence-electron chi connectivity index (χ1n) is 7.42. The zero-order chi connectivity index (χ0) is 15.6. The molecule has 2 rings (SSSR count). The summed E-state index contributed by atoms with van der Waals surface area (Å²) in [4.78, 5) is 14.5. The largest absolute Gasteiger partial charge is 0.350 e. The summed E-state index contributed by atoms with van der Waals surface area (Å²) < 4.78 is 0. The molecule has 0 aromatic heterocycles. The Hall–Kier alpha value is -0.810. The molecule has 0 aliphatic carbocycles. The fourth-order valence-electron chi connectivity index (χ4n) is 2.83. The number of nitrogens with two attached hydrogens (primary N) is 1. The molecule has 1 aromatic carbocycles. The fraction of sp³-hybridized carbons (Fsp3) is 0.562. The van der Waals surface area contributed by atoms with Gasteiger partial charge in [0.15, 0.2) is 0 Å². The van der Waals surface area contributed by atoms with Gasteiger partial charge in [-0.3, -0.25) is 9.69 Å². The first kappa shape index (κ1) is 19.2. The number of hydrogen-bond donors (Lipinski definition) is 2. The van der Waals surface area contributed by atoms with Gasteiger partial charge in [0.25, 0.3) is 0 Å². The Morgan fingerprint density at radius 1 is 1.36 bits per heavy atom. The number of carbonyl (C=O) groups is 1. The number of likely N-dealkylation sites (tertiary alicyclic amines) is 1. The van der Waals surface area contributed by atoms with Crippen LogP contribution in [0.2, 0.25) is 5.02 Å². The quantitative estimate of drug-likeness (QED) is 0.881. The summed E-state index contributed by atoms with van der Waals surface area (Å²) in [6.07, 6.45) is 0.931. The zero-order valence-electron chi connectivity index (χ0n) is 13.3. The molecule has 6 heteroatoms. The Labute approximate surface area is 143 Å². The molecule has 3 atom stereocenters. The third kappa shape index (κ3) is 4.35. The lowest BCUT2D eigenvalue weighted by atomic mass is 9.98. The number of nitrogens with one attached hydrogen (secondary N) is 1. The Morgan fingerprint density at radius 3 is 2.50 bits per heavy atom. The highest BCUT2D eigenvalue weighted by atomic mass is 35.5. The molecule has 3 N–H and O–H groups in total. The summed E-state index contributed by atoms with van der Waals surface area (Å²) >= 11 is 5.95. The second kappa shape index (κ2) is 8.16. The van der Waals surface area contributed by atoms with Crippen molar-refractivity contribution in [2.24, 2.45) is 11.7 Å². The monoisotopic (exact) mass is 345 g/mol. The molecule has 0 radical (unpaired) electrons. The Bertz CT molecular complexity index is 493. The van der Waals surface area contributed by atoms with E-state index in [2.05, 4.69) is 17.3 Å². The van der Waals surface area contributed by atoms with Crippen LogP contribution in [0.15, 0.2) is 24.3 Å². The van der Waals surface area contributed by atoms with Gasteiger partial charge in [-0.1, -0.05) is 37.6 Å². The molecule has 4 nitrogen and oxygen atoms in total. The maximum absolute atomic E-state index is 12.2. The molecular formula is C16H25Cl2N3O. The summed E-state index contributed by atoms with van der Waals surface area (Å²) in [6.45, 7) is 4.87. The minimum absolute atomic E-state index is 0. The van der Waals surface area contributed by atoms with Gasteiger partial charge in [-0.25, -0.2) is 0 Å². The summed E-state index contributed by atoms with van der Waals surface area (Å²) in [5, 5.41) is 3.84. The van der Waals surface area contributed by atoms with E-state index in [1.54, 1.807) is 0 Å². The molecule has 2 unspecified atom stereocenters. The van der Waals surface area contributed by atoms with Gasteiger partial charge in [-0.15, -0.1) is 12.4 Å². The molecule has 22 heavy (non-hydrogen) atoms. The van der Waals surface area contributed by atoms with Crippen LogP contribution in [0.3, 0.4) is 0 Å². The van der Waals surface area contributed by atoms with E-state index >= 15 is 0 Å². The van der Waals surface area contributed by atoms with Gasteiger partial charge in [-0.05, 0) is 37.1 Å². The minimum Gasteiger partial charge on any atom is -0.350 e. The lowest BCUT2D eigenvalue weighted by molar-refractivity contribution is -0.124. The molecule has 1 fully saturated rings. The van der Waals surface area contributed by atoms with Crippen LogP contribution < -0.4 is 11.1 Å². The van der Waals surface area contributed by atoms with Gasteiger partial charge in [0.2, 0.25) is 5.91 Å². The third-order valence-corrected chi connectivity index (χ3v) is 4.46. The highest BCUT2D eigenvalue weighted by Crippen LogP contribution is 2.31. The molecule has 1 amide bonds. The molecule has 0 saturated carbocycles. The van der Waals surface area contributed by atoms with Crippen molar-refractivity contribution in [2.45, 2.75) is 38.4 Å². The molecule has 1 aliphatic rings. The van der Waals surface area contributed by atoms with Gasteiger partial charge in [0.05, 0.1) is 12.1 Å². The number of halogens is 2. The zero-order valence-corrected chi connectivity index (χ0v) is 14.8. The van der Waals surface area contributed by atoms with E-state index in [9.17, 15) is 4.79 Å². The third-order valence-electron chi connectivity index (χ3n) is 4.21. The molecule has 1 aromatic rings. The van der Waals surface area contributed by atoms with Crippen molar-refractivity contribution in [1.82, 2.24) is 10.2 Å². The Balaban J connectivity index is 0.00000242. The van der Waals surface area contributed by atoms with Gasteiger partial charge >= 0.3 is 0 Å². The molecule has 124 valence electrons. The normalized spacial score (nSPS) is 23.2. The number of benzene rings is 1. The lowest BCUT2D eigenvalue weighted by Crippen LogP contribution is -2.49. The van der Waals surface area contributed by atoms with Crippen molar-refractivity contribution in [3.8, 4) is 0 Å².